The summed E-state index contributed by atoms with van der Waals surface area (Å²) in [5, 5.41) is 0. The Morgan fingerprint density at radius 1 is 0.889 bits per heavy atom. The monoisotopic (exact) mass is 254 g/mol. The highest BCUT2D eigenvalue weighted by Gasteiger charge is 2.04. The maximum Gasteiger partial charge on any atom is 0.0157 e. The molecule has 0 aliphatic heterocycles. The summed E-state index contributed by atoms with van der Waals surface area (Å²) >= 11 is 1.83. The molecule has 92 valence electrons. The third-order valence-electron chi connectivity index (χ3n) is 2.51. The van der Waals surface area contributed by atoms with Gasteiger partial charge in [-0.05, 0) is 23.6 Å². The lowest BCUT2D eigenvalue weighted by Crippen LogP contribution is -1.85. The Morgan fingerprint density at radius 2 is 1.44 bits per heavy atom. The van der Waals surface area contributed by atoms with Crippen molar-refractivity contribution in [3.05, 3.63) is 72.3 Å². The van der Waals surface area contributed by atoms with Gasteiger partial charge in [0, 0.05) is 9.80 Å². The van der Waals surface area contributed by atoms with Gasteiger partial charge in [-0.1, -0.05) is 80.2 Å². The number of hydrogen-bond donors (Lipinski definition) is 0. The Morgan fingerprint density at radius 3 is 2.00 bits per heavy atom. The Labute approximate surface area is 114 Å². The summed E-state index contributed by atoms with van der Waals surface area (Å²) in [5.41, 5.74) is 1.29. The molecule has 0 saturated carbocycles. The van der Waals surface area contributed by atoms with Crippen LogP contribution in [0, 0.1) is 5.92 Å². The van der Waals surface area contributed by atoms with Crippen LogP contribution in [0.5, 0.6) is 0 Å². The van der Waals surface area contributed by atoms with Crippen molar-refractivity contribution in [1.82, 2.24) is 0 Å². The summed E-state index contributed by atoms with van der Waals surface area (Å²) in [4.78, 5) is 2.62. The molecule has 0 saturated heterocycles. The molecule has 0 atom stereocenters. The van der Waals surface area contributed by atoms with Gasteiger partial charge in [0.25, 0.3) is 0 Å². The summed E-state index contributed by atoms with van der Waals surface area (Å²) in [6.07, 6.45) is 2.33. The average Bonchev–Trinajstić information content (AvgIpc) is 2.40. The molecule has 0 aliphatic rings. The summed E-state index contributed by atoms with van der Waals surface area (Å²) in [5.74, 6) is 0.552. The highest BCUT2D eigenvalue weighted by molar-refractivity contribution is 8.08. The molecule has 0 unspecified atom stereocenters. The Balaban J connectivity index is 2.28. The maximum atomic E-state index is 2.33. The van der Waals surface area contributed by atoms with Crippen molar-refractivity contribution in [2.24, 2.45) is 5.92 Å². The van der Waals surface area contributed by atoms with Gasteiger partial charge in [0.15, 0.2) is 0 Å². The zero-order chi connectivity index (χ0) is 12.8. The van der Waals surface area contributed by atoms with Gasteiger partial charge in [-0.2, -0.15) is 0 Å². The highest BCUT2D eigenvalue weighted by atomic mass is 32.2. The zero-order valence-corrected chi connectivity index (χ0v) is 11.7. The molecule has 0 N–H and O–H groups in total. The average molecular weight is 254 g/mol. The second-order valence-electron chi connectivity index (χ2n) is 4.56. The van der Waals surface area contributed by atoms with Gasteiger partial charge in [0.05, 0.1) is 0 Å². The summed E-state index contributed by atoms with van der Waals surface area (Å²) in [6, 6.07) is 21.1. The van der Waals surface area contributed by atoms with Gasteiger partial charge < -0.3 is 0 Å². The van der Waals surface area contributed by atoms with Crippen LogP contribution >= 0.6 is 11.8 Å². The van der Waals surface area contributed by atoms with Gasteiger partial charge >= 0.3 is 0 Å². The van der Waals surface area contributed by atoms with E-state index in [2.05, 4.69) is 80.6 Å². The lowest BCUT2D eigenvalue weighted by Gasteiger charge is -2.09. The van der Waals surface area contributed by atoms with Gasteiger partial charge in [0.2, 0.25) is 0 Å². The smallest absolute Gasteiger partial charge is 0.0157 e. The first-order valence-corrected chi connectivity index (χ1v) is 7.07. The molecule has 0 amide bonds. The van der Waals surface area contributed by atoms with E-state index in [1.54, 1.807) is 0 Å². The van der Waals surface area contributed by atoms with Gasteiger partial charge in [-0.25, -0.2) is 0 Å². The molecule has 0 heterocycles. The van der Waals surface area contributed by atoms with E-state index < -0.39 is 0 Å². The van der Waals surface area contributed by atoms with Crippen molar-refractivity contribution in [2.45, 2.75) is 18.7 Å². The lowest BCUT2D eigenvalue weighted by molar-refractivity contribution is 0.835. The molecule has 2 aromatic carbocycles. The fourth-order valence-electron chi connectivity index (χ4n) is 1.71. The quantitative estimate of drug-likeness (QED) is 0.651. The summed E-state index contributed by atoms with van der Waals surface area (Å²) < 4.78 is 0. The molecule has 0 radical (unpaired) electrons. The number of thioether (sulfide) groups is 1. The summed E-state index contributed by atoms with van der Waals surface area (Å²) in [6.45, 7) is 4.43. The first-order chi connectivity index (χ1) is 8.75. The van der Waals surface area contributed by atoms with Crippen molar-refractivity contribution in [3.8, 4) is 0 Å². The van der Waals surface area contributed by atoms with Crippen LogP contribution in [-0.4, -0.2) is 0 Å². The van der Waals surface area contributed by atoms with Crippen molar-refractivity contribution in [2.75, 3.05) is 0 Å². The van der Waals surface area contributed by atoms with E-state index in [4.69, 9.17) is 0 Å². The van der Waals surface area contributed by atoms with Crippen molar-refractivity contribution in [3.63, 3.8) is 0 Å². The van der Waals surface area contributed by atoms with E-state index in [0.717, 1.165) is 0 Å². The molecule has 0 fully saturated rings. The maximum absolute atomic E-state index is 2.33. The first kappa shape index (κ1) is 13.0. The number of rotatable bonds is 4. The van der Waals surface area contributed by atoms with E-state index in [9.17, 15) is 0 Å². The first-order valence-electron chi connectivity index (χ1n) is 6.26. The molecule has 18 heavy (non-hydrogen) atoms. The normalized spacial score (nSPS) is 11.8. The van der Waals surface area contributed by atoms with Crippen LogP contribution in [-0.2, 0) is 0 Å². The Hall–Kier alpha value is -1.47. The fourth-order valence-corrected chi connectivity index (χ4v) is 2.85. The lowest BCUT2D eigenvalue weighted by atomic mass is 10.1. The van der Waals surface area contributed by atoms with Crippen LogP contribution < -0.4 is 0 Å². The highest BCUT2D eigenvalue weighted by Crippen LogP contribution is 2.34. The standard InChI is InChI=1S/C17H18S/c1-14(2)13-17(15-9-5-3-6-10-15)18-16-11-7-4-8-12-16/h3-14H,1-2H3/b17-13-. The SMILES string of the molecule is CC(C)/C=C(\Sc1ccccc1)c1ccccc1. The van der Waals surface area contributed by atoms with E-state index in [1.807, 2.05) is 11.8 Å². The van der Waals surface area contributed by atoms with E-state index >= 15 is 0 Å². The second-order valence-corrected chi connectivity index (χ2v) is 5.67. The van der Waals surface area contributed by atoms with Crippen molar-refractivity contribution >= 4 is 16.7 Å². The van der Waals surface area contributed by atoms with E-state index in [0.29, 0.717) is 5.92 Å². The van der Waals surface area contributed by atoms with Crippen LogP contribution in [0.3, 0.4) is 0 Å². The van der Waals surface area contributed by atoms with Crippen LogP contribution in [0.4, 0.5) is 0 Å². The third kappa shape index (κ3) is 3.78. The summed E-state index contributed by atoms with van der Waals surface area (Å²) in [7, 11) is 0. The molecule has 0 bridgehead atoms. The molecule has 0 nitrogen and oxygen atoms in total. The topological polar surface area (TPSA) is 0 Å². The molecule has 0 spiro atoms. The van der Waals surface area contributed by atoms with Gasteiger partial charge in [-0.3, -0.25) is 0 Å². The largest absolute Gasteiger partial charge is 0.0898 e. The third-order valence-corrected chi connectivity index (χ3v) is 3.61. The molecule has 1 heteroatoms. The molecule has 0 aromatic heterocycles. The minimum atomic E-state index is 0.552. The van der Waals surface area contributed by atoms with Crippen LogP contribution in [0.1, 0.15) is 19.4 Å². The molecule has 2 aromatic rings. The van der Waals surface area contributed by atoms with E-state index in [1.165, 1.54) is 15.4 Å². The van der Waals surface area contributed by atoms with E-state index in [-0.39, 0.29) is 0 Å². The van der Waals surface area contributed by atoms with Crippen LogP contribution in [0.2, 0.25) is 0 Å². The predicted octanol–water partition coefficient (Wildman–Crippen LogP) is 5.48. The zero-order valence-electron chi connectivity index (χ0n) is 10.8. The van der Waals surface area contributed by atoms with Gasteiger partial charge in [0.1, 0.15) is 0 Å². The molecule has 2 rings (SSSR count). The minimum Gasteiger partial charge on any atom is -0.0898 e. The van der Waals surface area contributed by atoms with Gasteiger partial charge in [-0.15, -0.1) is 0 Å². The molecular weight excluding hydrogens is 236 g/mol. The fraction of sp³-hybridized carbons (Fsp3) is 0.176. The van der Waals surface area contributed by atoms with Crippen molar-refractivity contribution in [1.29, 1.82) is 0 Å². The van der Waals surface area contributed by atoms with Crippen LogP contribution in [0.15, 0.2) is 71.6 Å². The molecular formula is C17H18S. The number of benzene rings is 2. The second kappa shape index (κ2) is 6.46. The van der Waals surface area contributed by atoms with Crippen molar-refractivity contribution < 1.29 is 0 Å². The Kier molecular flexibility index (Phi) is 4.66. The number of hydrogen-bond acceptors (Lipinski definition) is 1. The minimum absolute atomic E-state index is 0.552. The number of allylic oxidation sites excluding steroid dienone is 1. The Bertz CT molecular complexity index is 498. The van der Waals surface area contributed by atoms with Crippen LogP contribution in [0.25, 0.3) is 4.91 Å². The molecule has 0 aliphatic carbocycles. The predicted molar refractivity (Wildman–Crippen MR) is 81.6 cm³/mol.